The maximum Gasteiger partial charge on any atom is 0.191 e. The minimum atomic E-state index is 0.703. The summed E-state index contributed by atoms with van der Waals surface area (Å²) in [7, 11) is 1.79. The van der Waals surface area contributed by atoms with E-state index in [1.165, 1.54) is 16.0 Å². The summed E-state index contributed by atoms with van der Waals surface area (Å²) in [5, 5.41) is 7.78. The summed E-state index contributed by atoms with van der Waals surface area (Å²) in [6.45, 7) is 7.81. The lowest BCUT2D eigenvalue weighted by atomic mass is 10.1. The number of nitrogens with zero attached hydrogens (tertiary/aromatic N) is 2. The molecule has 0 saturated carbocycles. The summed E-state index contributed by atoms with van der Waals surface area (Å²) in [5.74, 6) is 0.802. The van der Waals surface area contributed by atoms with Gasteiger partial charge in [-0.2, -0.15) is 0 Å². The van der Waals surface area contributed by atoms with Gasteiger partial charge in [0.25, 0.3) is 0 Å². The SMILES string of the molecule is CCc1ccccc1CNC(=NC)NCc1nc(C)c(C)s1. The first-order chi connectivity index (χ1) is 10.6. The Hall–Kier alpha value is -1.88. The topological polar surface area (TPSA) is 49.3 Å². The van der Waals surface area contributed by atoms with Gasteiger partial charge in [0.2, 0.25) is 0 Å². The highest BCUT2D eigenvalue weighted by molar-refractivity contribution is 7.11. The Kier molecular flexibility index (Phi) is 5.95. The number of hydrogen-bond donors (Lipinski definition) is 2. The second-order valence-electron chi connectivity index (χ2n) is 5.15. The number of aliphatic imine (C=N–C) groups is 1. The molecule has 0 unspecified atom stereocenters. The van der Waals surface area contributed by atoms with Crippen LogP contribution in [0.2, 0.25) is 0 Å². The molecule has 1 aromatic carbocycles. The fourth-order valence-electron chi connectivity index (χ4n) is 2.25. The Morgan fingerprint density at radius 3 is 2.41 bits per heavy atom. The zero-order valence-electron chi connectivity index (χ0n) is 13.7. The van der Waals surface area contributed by atoms with Crippen molar-refractivity contribution in [1.82, 2.24) is 15.6 Å². The van der Waals surface area contributed by atoms with Crippen LogP contribution in [0.3, 0.4) is 0 Å². The van der Waals surface area contributed by atoms with Crippen LogP contribution in [-0.4, -0.2) is 18.0 Å². The molecule has 0 saturated heterocycles. The molecule has 0 spiro atoms. The number of nitrogens with one attached hydrogen (secondary N) is 2. The molecule has 118 valence electrons. The largest absolute Gasteiger partial charge is 0.352 e. The number of aromatic nitrogens is 1. The molecule has 0 amide bonds. The molecule has 2 rings (SSSR count). The number of hydrogen-bond acceptors (Lipinski definition) is 3. The van der Waals surface area contributed by atoms with Gasteiger partial charge in [0, 0.05) is 18.5 Å². The van der Waals surface area contributed by atoms with Gasteiger partial charge in [-0.15, -0.1) is 11.3 Å². The first kappa shape index (κ1) is 16.5. The van der Waals surface area contributed by atoms with Gasteiger partial charge in [0.05, 0.1) is 12.2 Å². The van der Waals surface area contributed by atoms with E-state index in [1.807, 2.05) is 6.92 Å². The van der Waals surface area contributed by atoms with Gasteiger partial charge in [0.1, 0.15) is 5.01 Å². The highest BCUT2D eigenvalue weighted by Gasteiger charge is 2.05. The van der Waals surface area contributed by atoms with E-state index < -0.39 is 0 Å². The van der Waals surface area contributed by atoms with Crippen molar-refractivity contribution >= 4 is 17.3 Å². The Bertz CT molecular complexity index is 626. The molecular weight excluding hydrogens is 292 g/mol. The minimum absolute atomic E-state index is 0.703. The zero-order valence-corrected chi connectivity index (χ0v) is 14.5. The Balaban J connectivity index is 1.90. The Morgan fingerprint density at radius 1 is 1.14 bits per heavy atom. The maximum atomic E-state index is 4.54. The number of rotatable bonds is 5. The smallest absolute Gasteiger partial charge is 0.191 e. The third-order valence-electron chi connectivity index (χ3n) is 3.65. The van der Waals surface area contributed by atoms with Crippen LogP contribution in [0.5, 0.6) is 0 Å². The van der Waals surface area contributed by atoms with Crippen molar-refractivity contribution in [1.29, 1.82) is 0 Å². The van der Waals surface area contributed by atoms with Crippen LogP contribution in [0.1, 0.15) is 33.6 Å². The molecule has 1 aromatic heterocycles. The van der Waals surface area contributed by atoms with Crippen molar-refractivity contribution in [2.45, 2.75) is 40.3 Å². The molecule has 0 aliphatic heterocycles. The first-order valence-corrected chi connectivity index (χ1v) is 8.40. The first-order valence-electron chi connectivity index (χ1n) is 7.58. The zero-order chi connectivity index (χ0) is 15.9. The Morgan fingerprint density at radius 2 is 1.82 bits per heavy atom. The molecule has 2 aromatic rings. The van der Waals surface area contributed by atoms with Crippen LogP contribution in [-0.2, 0) is 19.5 Å². The van der Waals surface area contributed by atoms with Crippen molar-refractivity contribution < 1.29 is 0 Å². The molecule has 0 aliphatic rings. The highest BCUT2D eigenvalue weighted by Crippen LogP contribution is 2.15. The van der Waals surface area contributed by atoms with Crippen molar-refractivity contribution in [3.05, 3.63) is 51.0 Å². The second kappa shape index (κ2) is 7.94. The molecule has 0 bridgehead atoms. The van der Waals surface area contributed by atoms with Gasteiger partial charge >= 0.3 is 0 Å². The third-order valence-corrected chi connectivity index (χ3v) is 4.72. The fraction of sp³-hybridized carbons (Fsp3) is 0.412. The summed E-state index contributed by atoms with van der Waals surface area (Å²) in [4.78, 5) is 10.1. The van der Waals surface area contributed by atoms with Gasteiger partial charge in [-0.25, -0.2) is 4.98 Å². The van der Waals surface area contributed by atoms with Crippen LogP contribution in [0.15, 0.2) is 29.3 Å². The van der Waals surface area contributed by atoms with Gasteiger partial charge in [0.15, 0.2) is 5.96 Å². The fourth-order valence-corrected chi connectivity index (χ4v) is 3.12. The van der Waals surface area contributed by atoms with E-state index in [9.17, 15) is 0 Å². The van der Waals surface area contributed by atoms with Crippen molar-refractivity contribution in [2.24, 2.45) is 4.99 Å². The highest BCUT2D eigenvalue weighted by atomic mass is 32.1. The van der Waals surface area contributed by atoms with Crippen molar-refractivity contribution in [3.8, 4) is 0 Å². The summed E-state index contributed by atoms with van der Waals surface area (Å²) >= 11 is 1.73. The molecule has 2 N–H and O–H groups in total. The van der Waals surface area contributed by atoms with Crippen LogP contribution in [0, 0.1) is 13.8 Å². The molecule has 5 heteroatoms. The number of thiazole rings is 1. The predicted molar refractivity (Wildman–Crippen MR) is 94.4 cm³/mol. The number of aryl methyl sites for hydroxylation is 3. The lowest BCUT2D eigenvalue weighted by Crippen LogP contribution is -2.36. The summed E-state index contributed by atoms with van der Waals surface area (Å²) in [5.41, 5.74) is 3.80. The maximum absolute atomic E-state index is 4.54. The predicted octanol–water partition coefficient (Wildman–Crippen LogP) is 3.19. The second-order valence-corrected chi connectivity index (χ2v) is 6.44. The number of benzene rings is 1. The van der Waals surface area contributed by atoms with Crippen LogP contribution in [0.25, 0.3) is 0 Å². The van der Waals surface area contributed by atoms with E-state index in [4.69, 9.17) is 0 Å². The quantitative estimate of drug-likeness (QED) is 0.658. The van der Waals surface area contributed by atoms with Crippen LogP contribution in [0.4, 0.5) is 0 Å². The Labute approximate surface area is 136 Å². The van der Waals surface area contributed by atoms with Crippen LogP contribution < -0.4 is 10.6 Å². The lowest BCUT2D eigenvalue weighted by molar-refractivity contribution is 0.798. The molecular formula is C17H24N4S. The van der Waals surface area contributed by atoms with Gasteiger partial charge in [-0.1, -0.05) is 31.2 Å². The molecule has 0 fully saturated rings. The average Bonchev–Trinajstić information content (AvgIpc) is 2.86. The molecule has 22 heavy (non-hydrogen) atoms. The molecule has 0 radical (unpaired) electrons. The standard InChI is InChI=1S/C17H24N4S/c1-5-14-8-6-7-9-15(14)10-19-17(18-4)20-11-16-21-12(2)13(3)22-16/h6-9H,5,10-11H2,1-4H3,(H2,18,19,20). The summed E-state index contributed by atoms with van der Waals surface area (Å²) < 4.78 is 0. The third kappa shape index (κ3) is 4.31. The van der Waals surface area contributed by atoms with Crippen molar-refractivity contribution in [3.63, 3.8) is 0 Å². The van der Waals surface area contributed by atoms with E-state index in [1.54, 1.807) is 18.4 Å². The van der Waals surface area contributed by atoms with E-state index in [0.717, 1.165) is 29.6 Å². The average molecular weight is 316 g/mol. The van der Waals surface area contributed by atoms with Crippen molar-refractivity contribution in [2.75, 3.05) is 7.05 Å². The van der Waals surface area contributed by atoms with E-state index in [-0.39, 0.29) is 0 Å². The number of guanidine groups is 1. The van der Waals surface area contributed by atoms with E-state index >= 15 is 0 Å². The van der Waals surface area contributed by atoms with E-state index in [0.29, 0.717) is 6.54 Å². The summed E-state index contributed by atoms with van der Waals surface area (Å²) in [6, 6.07) is 8.50. The molecule has 1 heterocycles. The minimum Gasteiger partial charge on any atom is -0.352 e. The summed E-state index contributed by atoms with van der Waals surface area (Å²) in [6.07, 6.45) is 1.04. The monoisotopic (exact) mass is 316 g/mol. The normalized spacial score (nSPS) is 11.5. The molecule has 4 nitrogen and oxygen atoms in total. The van der Waals surface area contributed by atoms with Gasteiger partial charge in [-0.3, -0.25) is 4.99 Å². The van der Waals surface area contributed by atoms with Gasteiger partial charge in [-0.05, 0) is 31.4 Å². The lowest BCUT2D eigenvalue weighted by Gasteiger charge is -2.13. The van der Waals surface area contributed by atoms with Crippen LogP contribution >= 0.6 is 11.3 Å². The van der Waals surface area contributed by atoms with E-state index in [2.05, 4.69) is 58.7 Å². The van der Waals surface area contributed by atoms with Gasteiger partial charge < -0.3 is 10.6 Å². The molecule has 0 atom stereocenters. The molecule has 0 aliphatic carbocycles.